The summed E-state index contributed by atoms with van der Waals surface area (Å²) in [7, 11) is 0. The van der Waals surface area contributed by atoms with Crippen LogP contribution in [0, 0.1) is 13.8 Å². The zero-order valence-corrected chi connectivity index (χ0v) is 8.34. The summed E-state index contributed by atoms with van der Waals surface area (Å²) in [5, 5.41) is 6.28. The van der Waals surface area contributed by atoms with E-state index in [9.17, 15) is 9.59 Å². The van der Waals surface area contributed by atoms with Crippen LogP contribution in [0.5, 0.6) is 0 Å². The number of rotatable bonds is 0. The largest absolute Gasteiger partial charge is 0.382 e. The first-order valence-electron chi connectivity index (χ1n) is 4.39. The number of aryl methyl sites for hydroxylation is 2. The second kappa shape index (κ2) is 2.94. The lowest BCUT2D eigenvalue weighted by atomic mass is 10.1. The molecular weight excluding hydrogens is 196 g/mol. The molecule has 0 aliphatic carbocycles. The third-order valence-corrected chi connectivity index (χ3v) is 2.48. The maximum absolute atomic E-state index is 11.6. The van der Waals surface area contributed by atoms with E-state index in [4.69, 9.17) is 5.73 Å². The highest BCUT2D eigenvalue weighted by Crippen LogP contribution is 2.14. The number of anilines is 1. The normalized spacial score (nSPS) is 10.8. The van der Waals surface area contributed by atoms with Crippen LogP contribution in [0.15, 0.2) is 9.59 Å². The number of nitrogens with one attached hydrogen (secondary N) is 2. The van der Waals surface area contributed by atoms with Gasteiger partial charge < -0.3 is 10.7 Å². The average Bonchev–Trinajstić information content (AvgIpc) is 2.18. The number of aromatic amines is 2. The van der Waals surface area contributed by atoms with Gasteiger partial charge in [0.25, 0.3) is 11.1 Å². The quantitative estimate of drug-likeness (QED) is 0.555. The molecule has 15 heavy (non-hydrogen) atoms. The average molecular weight is 206 g/mol. The van der Waals surface area contributed by atoms with E-state index in [0.29, 0.717) is 16.6 Å². The van der Waals surface area contributed by atoms with Crippen molar-refractivity contribution in [1.82, 2.24) is 15.2 Å². The van der Waals surface area contributed by atoms with Crippen LogP contribution in [-0.4, -0.2) is 15.2 Å². The lowest BCUT2D eigenvalue weighted by molar-refractivity contribution is 1.01. The summed E-state index contributed by atoms with van der Waals surface area (Å²) >= 11 is 0. The van der Waals surface area contributed by atoms with Gasteiger partial charge in [-0.2, -0.15) is 5.10 Å². The number of fused-ring (bicyclic) bond motifs is 1. The SMILES string of the molecule is Cc1[nH]c(=O)c2c(N)n[nH]c(=O)c2c1C. The van der Waals surface area contributed by atoms with Crippen LogP contribution in [0.1, 0.15) is 11.3 Å². The molecule has 2 rings (SSSR count). The second-order valence-corrected chi connectivity index (χ2v) is 3.39. The van der Waals surface area contributed by atoms with Gasteiger partial charge in [0, 0.05) is 5.69 Å². The molecule has 2 heterocycles. The molecule has 0 radical (unpaired) electrons. The number of H-pyrrole nitrogens is 2. The number of hydrogen-bond acceptors (Lipinski definition) is 4. The van der Waals surface area contributed by atoms with Gasteiger partial charge in [0.1, 0.15) is 0 Å². The number of nitrogens with zero attached hydrogens (tertiary/aromatic N) is 1. The minimum absolute atomic E-state index is 0.0361. The Balaban J connectivity index is 3.23. The number of hydrogen-bond donors (Lipinski definition) is 3. The van der Waals surface area contributed by atoms with Crippen molar-refractivity contribution in [3.05, 3.63) is 32.0 Å². The molecule has 0 spiro atoms. The Morgan fingerprint density at radius 1 is 1.13 bits per heavy atom. The summed E-state index contributed by atoms with van der Waals surface area (Å²) in [5.41, 5.74) is 6.13. The summed E-state index contributed by atoms with van der Waals surface area (Å²) in [4.78, 5) is 25.7. The monoisotopic (exact) mass is 206 g/mol. The first kappa shape index (κ1) is 9.45. The maximum Gasteiger partial charge on any atom is 0.272 e. The molecular formula is C9H10N4O2. The minimum atomic E-state index is -0.397. The Hall–Kier alpha value is -2.11. The van der Waals surface area contributed by atoms with Crippen molar-refractivity contribution in [3.8, 4) is 0 Å². The van der Waals surface area contributed by atoms with Crippen LogP contribution < -0.4 is 16.9 Å². The van der Waals surface area contributed by atoms with E-state index in [1.165, 1.54) is 0 Å². The number of nitrogen functional groups attached to an aromatic ring is 1. The Labute approximate surface area is 84.1 Å². The van der Waals surface area contributed by atoms with Gasteiger partial charge >= 0.3 is 0 Å². The molecule has 78 valence electrons. The van der Waals surface area contributed by atoms with Gasteiger partial charge in [0.15, 0.2) is 5.82 Å². The van der Waals surface area contributed by atoms with Crippen LogP contribution in [0.2, 0.25) is 0 Å². The Bertz CT molecular complexity index is 653. The molecule has 6 heteroatoms. The summed E-state index contributed by atoms with van der Waals surface area (Å²) in [6.07, 6.45) is 0. The van der Waals surface area contributed by atoms with Crippen molar-refractivity contribution in [2.24, 2.45) is 0 Å². The molecule has 2 aromatic heterocycles. The first-order chi connectivity index (χ1) is 7.02. The van der Waals surface area contributed by atoms with E-state index in [1.807, 2.05) is 0 Å². The van der Waals surface area contributed by atoms with E-state index < -0.39 is 5.56 Å². The van der Waals surface area contributed by atoms with Crippen LogP contribution in [-0.2, 0) is 0 Å². The predicted molar refractivity (Wildman–Crippen MR) is 56.9 cm³/mol. The van der Waals surface area contributed by atoms with Crippen molar-refractivity contribution in [3.63, 3.8) is 0 Å². The van der Waals surface area contributed by atoms with Crippen LogP contribution >= 0.6 is 0 Å². The van der Waals surface area contributed by atoms with E-state index in [0.717, 1.165) is 0 Å². The topological polar surface area (TPSA) is 105 Å². The smallest absolute Gasteiger partial charge is 0.272 e. The van der Waals surface area contributed by atoms with Crippen molar-refractivity contribution in [1.29, 1.82) is 0 Å². The van der Waals surface area contributed by atoms with Gasteiger partial charge in [0.05, 0.1) is 10.8 Å². The molecule has 0 fully saturated rings. The molecule has 0 bridgehead atoms. The zero-order valence-electron chi connectivity index (χ0n) is 8.34. The minimum Gasteiger partial charge on any atom is -0.382 e. The molecule has 0 saturated carbocycles. The van der Waals surface area contributed by atoms with Crippen molar-refractivity contribution in [2.75, 3.05) is 5.73 Å². The fourth-order valence-corrected chi connectivity index (χ4v) is 1.57. The highest BCUT2D eigenvalue weighted by molar-refractivity contribution is 5.91. The fraction of sp³-hybridized carbons (Fsp3) is 0.222. The molecule has 6 nitrogen and oxygen atoms in total. The number of nitrogens with two attached hydrogens (primary N) is 1. The molecule has 0 amide bonds. The van der Waals surface area contributed by atoms with Gasteiger partial charge in [0.2, 0.25) is 0 Å². The summed E-state index contributed by atoms with van der Waals surface area (Å²) < 4.78 is 0. The van der Waals surface area contributed by atoms with E-state index in [1.54, 1.807) is 13.8 Å². The lowest BCUT2D eigenvalue weighted by Crippen LogP contribution is -2.20. The van der Waals surface area contributed by atoms with Crippen molar-refractivity contribution in [2.45, 2.75) is 13.8 Å². The molecule has 0 saturated heterocycles. The molecule has 0 atom stereocenters. The van der Waals surface area contributed by atoms with Crippen molar-refractivity contribution >= 4 is 16.6 Å². The third-order valence-electron chi connectivity index (χ3n) is 2.48. The highest BCUT2D eigenvalue weighted by atomic mass is 16.1. The van der Waals surface area contributed by atoms with Gasteiger partial charge in [-0.05, 0) is 19.4 Å². The van der Waals surface area contributed by atoms with Gasteiger partial charge in [-0.3, -0.25) is 9.59 Å². The van der Waals surface area contributed by atoms with Crippen LogP contribution in [0.4, 0.5) is 5.82 Å². The Morgan fingerprint density at radius 2 is 1.80 bits per heavy atom. The Kier molecular flexibility index (Phi) is 1.85. The molecule has 2 aromatic rings. The Morgan fingerprint density at radius 3 is 2.47 bits per heavy atom. The van der Waals surface area contributed by atoms with E-state index in [2.05, 4.69) is 15.2 Å². The van der Waals surface area contributed by atoms with E-state index in [-0.39, 0.29) is 16.8 Å². The van der Waals surface area contributed by atoms with Gasteiger partial charge in [-0.25, -0.2) is 5.10 Å². The second-order valence-electron chi connectivity index (χ2n) is 3.39. The molecule has 0 aliphatic rings. The maximum atomic E-state index is 11.6. The number of aromatic nitrogens is 3. The fourth-order valence-electron chi connectivity index (χ4n) is 1.57. The van der Waals surface area contributed by atoms with Crippen LogP contribution in [0.3, 0.4) is 0 Å². The van der Waals surface area contributed by atoms with Crippen LogP contribution in [0.25, 0.3) is 10.8 Å². The highest BCUT2D eigenvalue weighted by Gasteiger charge is 2.12. The van der Waals surface area contributed by atoms with Gasteiger partial charge in [-0.15, -0.1) is 0 Å². The predicted octanol–water partition coefficient (Wildman–Crippen LogP) is -0.190. The standard InChI is InChI=1S/C9H10N4O2/c1-3-4(2)11-8(14)6-5(3)9(15)13-12-7(6)10/h1-2H3,(H2,10,12)(H,11,14)(H,13,15). The molecule has 0 aromatic carbocycles. The van der Waals surface area contributed by atoms with Gasteiger partial charge in [-0.1, -0.05) is 0 Å². The van der Waals surface area contributed by atoms with Crippen molar-refractivity contribution < 1.29 is 0 Å². The van der Waals surface area contributed by atoms with E-state index >= 15 is 0 Å². The first-order valence-corrected chi connectivity index (χ1v) is 4.39. The summed E-state index contributed by atoms with van der Waals surface area (Å²) in [5.74, 6) is 0.0361. The molecule has 4 N–H and O–H groups in total. The summed E-state index contributed by atoms with van der Waals surface area (Å²) in [6.45, 7) is 3.48. The zero-order chi connectivity index (χ0) is 11.2. The molecule has 0 aliphatic heterocycles. The number of pyridine rings is 1. The summed E-state index contributed by atoms with van der Waals surface area (Å²) in [6, 6.07) is 0. The molecule has 0 unspecified atom stereocenters. The lowest BCUT2D eigenvalue weighted by Gasteiger charge is -2.04. The third kappa shape index (κ3) is 1.22.